The number of nitriles is 1. The number of aromatic nitrogens is 2. The topological polar surface area (TPSA) is 78.9 Å². The largest absolute Gasteiger partial charge is 0.390 e. The normalized spacial score (nSPS) is 46.1. The molecule has 1 aromatic rings. The molecule has 6 rings (SSSR count). The van der Waals surface area contributed by atoms with Crippen LogP contribution < -0.4 is 0 Å². The monoisotopic (exact) mass is 435 g/mol. The van der Waals surface area contributed by atoms with Gasteiger partial charge in [-0.05, 0) is 112 Å². The number of ketones is 1. The molecule has 5 aliphatic rings. The lowest BCUT2D eigenvalue weighted by Crippen LogP contribution is -2.54. The van der Waals surface area contributed by atoms with Crippen molar-refractivity contribution >= 4 is 5.78 Å². The Hall–Kier alpha value is -1.67. The van der Waals surface area contributed by atoms with Crippen molar-refractivity contribution in [1.29, 1.82) is 5.26 Å². The van der Waals surface area contributed by atoms with Crippen LogP contribution in [0, 0.1) is 57.7 Å². The van der Waals surface area contributed by atoms with Crippen molar-refractivity contribution in [2.45, 2.75) is 90.2 Å². The molecule has 32 heavy (non-hydrogen) atoms. The van der Waals surface area contributed by atoms with E-state index in [1.54, 1.807) is 17.1 Å². The van der Waals surface area contributed by atoms with Gasteiger partial charge < -0.3 is 5.11 Å². The lowest BCUT2D eigenvalue weighted by atomic mass is 9.46. The summed E-state index contributed by atoms with van der Waals surface area (Å²) in [7, 11) is 0. The molecule has 0 unspecified atom stereocenters. The molecule has 0 aromatic carbocycles. The number of carbonyl (C=O) groups is 1. The predicted molar refractivity (Wildman–Crippen MR) is 120 cm³/mol. The minimum Gasteiger partial charge on any atom is -0.390 e. The summed E-state index contributed by atoms with van der Waals surface area (Å²) >= 11 is 0. The van der Waals surface area contributed by atoms with Crippen LogP contribution in [0.25, 0.3) is 0 Å². The number of aliphatic hydroxyl groups is 1. The van der Waals surface area contributed by atoms with Crippen molar-refractivity contribution in [1.82, 2.24) is 9.78 Å². The quantitative estimate of drug-likeness (QED) is 0.744. The molecule has 1 spiro atoms. The standard InChI is InChI=1S/C27H37N3O2/c1-25(32)11-18-3-4-19-20(24(18)27(16-25)9-10-27)7-8-26(2)21(19)5-6-22(26)23(31)15-30-14-17(12-28)13-29-30/h13-14,18-22,24,32H,3-11,15-16H2,1-2H3/t18-,19-,20+,21+,22-,24+,25+,26+/m1/s1. The van der Waals surface area contributed by atoms with E-state index in [-0.39, 0.29) is 11.3 Å². The van der Waals surface area contributed by atoms with Gasteiger partial charge in [0, 0.05) is 12.1 Å². The number of carbonyl (C=O) groups excluding carboxylic acids is 1. The maximum Gasteiger partial charge on any atom is 0.157 e. The zero-order chi connectivity index (χ0) is 22.3. The molecule has 0 amide bonds. The zero-order valence-electron chi connectivity index (χ0n) is 19.6. The van der Waals surface area contributed by atoms with Crippen LogP contribution in [0.2, 0.25) is 0 Å². The van der Waals surface area contributed by atoms with Crippen LogP contribution in [0.3, 0.4) is 0 Å². The van der Waals surface area contributed by atoms with Crippen molar-refractivity contribution in [2.75, 3.05) is 0 Å². The summed E-state index contributed by atoms with van der Waals surface area (Å²) in [5, 5.41) is 24.2. The number of hydrogen-bond acceptors (Lipinski definition) is 4. The average Bonchev–Trinajstić information content (AvgIpc) is 3.18. The minimum atomic E-state index is -0.462. The van der Waals surface area contributed by atoms with Gasteiger partial charge in [-0.15, -0.1) is 0 Å². The highest BCUT2D eigenvalue weighted by Gasteiger charge is 2.65. The molecule has 8 atom stereocenters. The van der Waals surface area contributed by atoms with E-state index in [2.05, 4.69) is 25.0 Å². The summed E-state index contributed by atoms with van der Waals surface area (Å²) in [4.78, 5) is 13.4. The van der Waals surface area contributed by atoms with E-state index in [1.807, 2.05) is 0 Å². The van der Waals surface area contributed by atoms with Crippen LogP contribution >= 0.6 is 0 Å². The Balaban J connectivity index is 1.21. The first-order valence-corrected chi connectivity index (χ1v) is 12.9. The molecular weight excluding hydrogens is 398 g/mol. The smallest absolute Gasteiger partial charge is 0.157 e. The molecule has 0 saturated heterocycles. The van der Waals surface area contributed by atoms with Crippen molar-refractivity contribution in [3.63, 3.8) is 0 Å². The van der Waals surface area contributed by atoms with Gasteiger partial charge in [-0.2, -0.15) is 10.4 Å². The third-order valence-electron chi connectivity index (χ3n) is 10.8. The predicted octanol–water partition coefficient (Wildman–Crippen LogP) is 4.73. The zero-order valence-corrected chi connectivity index (χ0v) is 19.6. The van der Waals surface area contributed by atoms with Crippen LogP contribution in [0.4, 0.5) is 0 Å². The molecule has 1 heterocycles. The molecule has 5 saturated carbocycles. The molecule has 5 aliphatic carbocycles. The van der Waals surface area contributed by atoms with Gasteiger partial charge in [0.1, 0.15) is 6.07 Å². The Kier molecular flexibility index (Phi) is 4.52. The van der Waals surface area contributed by atoms with E-state index in [0.717, 1.165) is 37.0 Å². The second kappa shape index (κ2) is 6.92. The van der Waals surface area contributed by atoms with Gasteiger partial charge in [-0.25, -0.2) is 0 Å². The fourth-order valence-electron chi connectivity index (χ4n) is 9.79. The summed E-state index contributed by atoms with van der Waals surface area (Å²) in [6.07, 6.45) is 15.1. The number of hydrogen-bond donors (Lipinski definition) is 1. The molecule has 1 N–H and O–H groups in total. The Morgan fingerprint density at radius 2 is 2.00 bits per heavy atom. The van der Waals surface area contributed by atoms with Crippen molar-refractivity contribution in [3.8, 4) is 6.07 Å². The Bertz CT molecular complexity index is 970. The first-order valence-electron chi connectivity index (χ1n) is 12.9. The Labute approximate surface area is 191 Å². The minimum absolute atomic E-state index is 0.118. The molecular formula is C27H37N3O2. The Morgan fingerprint density at radius 1 is 1.19 bits per heavy atom. The van der Waals surface area contributed by atoms with Crippen LogP contribution in [-0.2, 0) is 11.3 Å². The lowest BCUT2D eigenvalue weighted by molar-refractivity contribution is -0.142. The number of fused-ring (bicyclic) bond motifs is 6. The molecule has 172 valence electrons. The summed E-state index contributed by atoms with van der Waals surface area (Å²) in [6.45, 7) is 4.79. The second-order valence-electron chi connectivity index (χ2n) is 12.7. The molecule has 5 fully saturated rings. The highest BCUT2D eigenvalue weighted by atomic mass is 16.3. The van der Waals surface area contributed by atoms with Gasteiger partial charge in [0.25, 0.3) is 0 Å². The SMILES string of the molecule is C[C@]1(O)C[C@H]2CC[C@@H]3[C@H](CC[C@]4(C)[C@@H](C(=O)Cn5cc(C#N)cn5)CC[C@@H]34)[C@H]2C2(CC2)C1. The maximum atomic E-state index is 13.4. The van der Waals surface area contributed by atoms with Crippen LogP contribution in [0.15, 0.2) is 12.4 Å². The average molecular weight is 436 g/mol. The van der Waals surface area contributed by atoms with Crippen molar-refractivity contribution in [3.05, 3.63) is 18.0 Å². The van der Waals surface area contributed by atoms with Gasteiger partial charge in [-0.3, -0.25) is 9.48 Å². The van der Waals surface area contributed by atoms with Gasteiger partial charge >= 0.3 is 0 Å². The van der Waals surface area contributed by atoms with E-state index in [0.29, 0.717) is 35.1 Å². The summed E-state index contributed by atoms with van der Waals surface area (Å²) in [5.41, 5.74) is 0.602. The van der Waals surface area contributed by atoms with E-state index in [1.165, 1.54) is 44.9 Å². The first kappa shape index (κ1) is 20.9. The third-order valence-corrected chi connectivity index (χ3v) is 10.8. The van der Waals surface area contributed by atoms with Gasteiger partial charge in [0.05, 0.1) is 23.9 Å². The van der Waals surface area contributed by atoms with Crippen molar-refractivity contribution < 1.29 is 9.90 Å². The molecule has 5 nitrogen and oxygen atoms in total. The number of rotatable bonds is 3. The molecule has 1 aromatic heterocycles. The number of Topliss-reactive ketones (excluding diaryl/α,β-unsaturated/α-hetero) is 1. The van der Waals surface area contributed by atoms with Gasteiger partial charge in [-0.1, -0.05) is 6.92 Å². The van der Waals surface area contributed by atoms with Crippen LogP contribution in [0.5, 0.6) is 0 Å². The molecule has 0 bridgehead atoms. The van der Waals surface area contributed by atoms with E-state index in [4.69, 9.17) is 5.26 Å². The number of nitrogens with zero attached hydrogens (tertiary/aromatic N) is 3. The maximum absolute atomic E-state index is 13.4. The second-order valence-corrected chi connectivity index (χ2v) is 12.7. The van der Waals surface area contributed by atoms with Crippen LogP contribution in [0.1, 0.15) is 83.6 Å². The molecule has 5 heteroatoms. The Morgan fingerprint density at radius 3 is 2.72 bits per heavy atom. The summed E-state index contributed by atoms with van der Waals surface area (Å²) < 4.78 is 1.65. The summed E-state index contributed by atoms with van der Waals surface area (Å²) in [6, 6.07) is 2.10. The highest BCUT2D eigenvalue weighted by molar-refractivity contribution is 5.82. The van der Waals surface area contributed by atoms with Crippen LogP contribution in [-0.4, -0.2) is 26.3 Å². The summed E-state index contributed by atoms with van der Waals surface area (Å²) in [5.74, 6) is 4.20. The van der Waals surface area contributed by atoms with E-state index in [9.17, 15) is 9.90 Å². The third kappa shape index (κ3) is 3.05. The molecule has 0 aliphatic heterocycles. The lowest BCUT2D eigenvalue weighted by Gasteiger charge is -2.59. The fourth-order valence-corrected chi connectivity index (χ4v) is 9.79. The first-order chi connectivity index (χ1) is 15.2. The van der Waals surface area contributed by atoms with E-state index < -0.39 is 5.60 Å². The highest BCUT2D eigenvalue weighted by Crippen LogP contribution is 2.72. The van der Waals surface area contributed by atoms with Gasteiger partial charge in [0.2, 0.25) is 0 Å². The fraction of sp³-hybridized carbons (Fsp3) is 0.815. The van der Waals surface area contributed by atoms with Gasteiger partial charge in [0.15, 0.2) is 5.78 Å². The molecule has 0 radical (unpaired) electrons. The van der Waals surface area contributed by atoms with E-state index >= 15 is 0 Å². The van der Waals surface area contributed by atoms with Crippen molar-refractivity contribution in [2.24, 2.45) is 46.3 Å².